The fourth-order valence-corrected chi connectivity index (χ4v) is 2.33. The van der Waals surface area contributed by atoms with E-state index in [9.17, 15) is 18.4 Å². The van der Waals surface area contributed by atoms with E-state index in [-0.39, 0.29) is 5.56 Å². The molecule has 5 nitrogen and oxygen atoms in total. The van der Waals surface area contributed by atoms with E-state index < -0.39 is 23.1 Å². The average molecular weight is 341 g/mol. The maximum absolute atomic E-state index is 13.7. The summed E-state index contributed by atoms with van der Waals surface area (Å²) in [6, 6.07) is 10.5. The van der Waals surface area contributed by atoms with Crippen molar-refractivity contribution in [3.05, 3.63) is 81.8 Å². The van der Waals surface area contributed by atoms with Gasteiger partial charge in [0, 0.05) is 23.0 Å². The molecule has 2 aromatic carbocycles. The smallest absolute Gasteiger partial charge is 0.258 e. The summed E-state index contributed by atoms with van der Waals surface area (Å²) in [6.07, 6.45) is 0. The van der Waals surface area contributed by atoms with Gasteiger partial charge in [-0.15, -0.1) is 0 Å². The molecule has 0 saturated heterocycles. The molecule has 0 unspecified atom stereocenters. The standard InChI is InChI=1S/C18H13F2N3O2/c1-10-7-16(24)23-17(21-10)11-3-2-4-13(8-11)22-18(25)14-9-12(19)5-6-15(14)20/h2-9H,1H3,(H,22,25)(H,21,23,24). The number of rotatable bonds is 3. The van der Waals surface area contributed by atoms with Crippen molar-refractivity contribution in [2.45, 2.75) is 6.92 Å². The van der Waals surface area contributed by atoms with Gasteiger partial charge in [0.15, 0.2) is 0 Å². The summed E-state index contributed by atoms with van der Waals surface area (Å²) in [5, 5.41) is 2.50. The van der Waals surface area contributed by atoms with E-state index in [1.165, 1.54) is 6.07 Å². The lowest BCUT2D eigenvalue weighted by atomic mass is 10.1. The maximum Gasteiger partial charge on any atom is 0.258 e. The monoisotopic (exact) mass is 341 g/mol. The molecule has 0 spiro atoms. The Labute approximate surface area is 141 Å². The molecule has 1 heterocycles. The van der Waals surface area contributed by atoms with Gasteiger partial charge in [0.05, 0.1) is 5.56 Å². The van der Waals surface area contributed by atoms with E-state index in [4.69, 9.17) is 0 Å². The van der Waals surface area contributed by atoms with Crippen LogP contribution in [0.1, 0.15) is 16.1 Å². The zero-order valence-electron chi connectivity index (χ0n) is 13.1. The Morgan fingerprint density at radius 2 is 1.92 bits per heavy atom. The first-order valence-corrected chi connectivity index (χ1v) is 7.37. The van der Waals surface area contributed by atoms with Crippen LogP contribution in [0.3, 0.4) is 0 Å². The van der Waals surface area contributed by atoms with E-state index in [2.05, 4.69) is 15.3 Å². The van der Waals surface area contributed by atoms with Crippen molar-refractivity contribution in [1.29, 1.82) is 0 Å². The van der Waals surface area contributed by atoms with Crippen LogP contribution in [-0.4, -0.2) is 15.9 Å². The van der Waals surface area contributed by atoms with Crippen LogP contribution in [-0.2, 0) is 0 Å². The van der Waals surface area contributed by atoms with Gasteiger partial charge >= 0.3 is 0 Å². The van der Waals surface area contributed by atoms with Crippen LogP contribution >= 0.6 is 0 Å². The number of hydrogen-bond acceptors (Lipinski definition) is 3. The number of benzene rings is 2. The van der Waals surface area contributed by atoms with Crippen LogP contribution in [0.2, 0.25) is 0 Å². The van der Waals surface area contributed by atoms with Crippen molar-refractivity contribution >= 4 is 11.6 Å². The number of nitrogens with one attached hydrogen (secondary N) is 2. The third kappa shape index (κ3) is 3.77. The van der Waals surface area contributed by atoms with Crippen LogP contribution in [0.4, 0.5) is 14.5 Å². The largest absolute Gasteiger partial charge is 0.322 e. The predicted molar refractivity (Wildman–Crippen MR) is 89.3 cm³/mol. The van der Waals surface area contributed by atoms with Crippen molar-refractivity contribution < 1.29 is 13.6 Å². The van der Waals surface area contributed by atoms with E-state index >= 15 is 0 Å². The number of aryl methyl sites for hydroxylation is 1. The lowest BCUT2D eigenvalue weighted by molar-refractivity contribution is 0.102. The molecule has 0 fully saturated rings. The second-order valence-corrected chi connectivity index (χ2v) is 5.39. The molecule has 1 amide bonds. The predicted octanol–water partition coefficient (Wildman–Crippen LogP) is 3.28. The van der Waals surface area contributed by atoms with Gasteiger partial charge in [-0.05, 0) is 37.3 Å². The number of H-pyrrole nitrogens is 1. The number of carbonyl (C=O) groups is 1. The molecule has 1 aromatic heterocycles. The summed E-state index contributed by atoms with van der Waals surface area (Å²) >= 11 is 0. The summed E-state index contributed by atoms with van der Waals surface area (Å²) in [5.74, 6) is -1.96. The molecule has 0 aliphatic carbocycles. The summed E-state index contributed by atoms with van der Waals surface area (Å²) in [4.78, 5) is 30.5. The van der Waals surface area contributed by atoms with Crippen LogP contribution in [0.15, 0.2) is 53.3 Å². The minimum atomic E-state index is -0.820. The number of anilines is 1. The molecule has 7 heteroatoms. The van der Waals surface area contributed by atoms with E-state index in [1.54, 1.807) is 31.2 Å². The summed E-state index contributed by atoms with van der Waals surface area (Å²) in [7, 11) is 0. The number of aromatic amines is 1. The van der Waals surface area contributed by atoms with Crippen LogP contribution in [0, 0.1) is 18.6 Å². The highest BCUT2D eigenvalue weighted by Gasteiger charge is 2.13. The quantitative estimate of drug-likeness (QED) is 0.768. The van der Waals surface area contributed by atoms with Gasteiger partial charge in [0.25, 0.3) is 11.5 Å². The van der Waals surface area contributed by atoms with Gasteiger partial charge in [0.2, 0.25) is 0 Å². The van der Waals surface area contributed by atoms with Crippen molar-refractivity contribution in [2.24, 2.45) is 0 Å². The van der Waals surface area contributed by atoms with Crippen molar-refractivity contribution in [3.8, 4) is 11.4 Å². The second kappa shape index (κ2) is 6.64. The van der Waals surface area contributed by atoms with E-state index in [0.717, 1.165) is 18.2 Å². The SMILES string of the molecule is Cc1cc(=O)[nH]c(-c2cccc(NC(=O)c3cc(F)ccc3F)c2)n1. The molecule has 25 heavy (non-hydrogen) atoms. The Bertz CT molecular complexity index is 1020. The maximum atomic E-state index is 13.7. The number of amides is 1. The highest BCUT2D eigenvalue weighted by molar-refractivity contribution is 6.04. The Kier molecular flexibility index (Phi) is 4.38. The van der Waals surface area contributed by atoms with E-state index in [1.807, 2.05) is 0 Å². The van der Waals surface area contributed by atoms with Crippen LogP contribution in [0.5, 0.6) is 0 Å². The van der Waals surface area contributed by atoms with Crippen LogP contribution in [0.25, 0.3) is 11.4 Å². The van der Waals surface area contributed by atoms with Crippen molar-refractivity contribution in [2.75, 3.05) is 5.32 Å². The first-order valence-electron chi connectivity index (χ1n) is 7.37. The topological polar surface area (TPSA) is 74.8 Å². The first kappa shape index (κ1) is 16.5. The third-order valence-corrected chi connectivity index (χ3v) is 3.44. The number of hydrogen-bond donors (Lipinski definition) is 2. The molecule has 0 atom stereocenters. The first-order chi connectivity index (χ1) is 11.9. The normalized spacial score (nSPS) is 10.5. The van der Waals surface area contributed by atoms with Crippen molar-refractivity contribution in [1.82, 2.24) is 9.97 Å². The van der Waals surface area contributed by atoms with Gasteiger partial charge < -0.3 is 10.3 Å². The average Bonchev–Trinajstić information content (AvgIpc) is 2.56. The molecule has 3 aromatic rings. The minimum Gasteiger partial charge on any atom is -0.322 e. The molecule has 0 saturated carbocycles. The molecule has 0 radical (unpaired) electrons. The molecule has 0 aliphatic heterocycles. The van der Waals surface area contributed by atoms with Gasteiger partial charge in [-0.1, -0.05) is 12.1 Å². The van der Waals surface area contributed by atoms with Gasteiger partial charge in [-0.3, -0.25) is 9.59 Å². The number of carbonyl (C=O) groups excluding carboxylic acids is 1. The van der Waals surface area contributed by atoms with E-state index in [0.29, 0.717) is 22.8 Å². The Hall–Kier alpha value is -3.35. The Morgan fingerprint density at radius 3 is 2.68 bits per heavy atom. The lowest BCUT2D eigenvalue weighted by Gasteiger charge is -2.08. The summed E-state index contributed by atoms with van der Waals surface area (Å²) < 4.78 is 26.9. The lowest BCUT2D eigenvalue weighted by Crippen LogP contribution is -2.14. The minimum absolute atomic E-state index is 0.293. The summed E-state index contributed by atoms with van der Waals surface area (Å²) in [5.41, 5.74) is 0.787. The zero-order valence-corrected chi connectivity index (χ0v) is 13.1. The van der Waals surface area contributed by atoms with Gasteiger partial charge in [-0.2, -0.15) is 0 Å². The number of halogens is 2. The molecule has 0 aliphatic rings. The highest BCUT2D eigenvalue weighted by Crippen LogP contribution is 2.20. The van der Waals surface area contributed by atoms with Crippen molar-refractivity contribution in [3.63, 3.8) is 0 Å². The van der Waals surface area contributed by atoms with Crippen LogP contribution < -0.4 is 10.9 Å². The fraction of sp³-hybridized carbons (Fsp3) is 0.0556. The second-order valence-electron chi connectivity index (χ2n) is 5.39. The Morgan fingerprint density at radius 1 is 1.12 bits per heavy atom. The zero-order chi connectivity index (χ0) is 18.0. The number of nitrogens with zero attached hydrogens (tertiary/aromatic N) is 1. The Balaban J connectivity index is 1.90. The molecule has 0 bridgehead atoms. The highest BCUT2D eigenvalue weighted by atomic mass is 19.1. The molecular weight excluding hydrogens is 328 g/mol. The molecular formula is C18H13F2N3O2. The number of aromatic nitrogens is 2. The van der Waals surface area contributed by atoms with Gasteiger partial charge in [0.1, 0.15) is 17.5 Å². The van der Waals surface area contributed by atoms with Gasteiger partial charge in [-0.25, -0.2) is 13.8 Å². The third-order valence-electron chi connectivity index (χ3n) is 3.44. The molecule has 126 valence electrons. The molecule has 3 rings (SSSR count). The summed E-state index contributed by atoms with van der Waals surface area (Å²) in [6.45, 7) is 1.69. The molecule has 2 N–H and O–H groups in total. The fourth-order valence-electron chi connectivity index (χ4n) is 2.33.